The van der Waals surface area contributed by atoms with Gasteiger partial charge in [-0.15, -0.1) is 0 Å². The van der Waals surface area contributed by atoms with Gasteiger partial charge in [0.05, 0.1) is 0 Å². The molecule has 0 N–H and O–H groups in total. The molecule has 0 amide bonds. The minimum atomic E-state index is -0.963. The maximum Gasteiger partial charge on any atom is 0.387 e. The number of hydrogen-bond donors (Lipinski definition) is 0. The van der Waals surface area contributed by atoms with E-state index in [1.807, 2.05) is 13.8 Å². The van der Waals surface area contributed by atoms with Crippen LogP contribution in [0, 0.1) is 0 Å². The zero-order valence-corrected chi connectivity index (χ0v) is 8.31. The average Bonchev–Trinajstić information content (AvgIpc) is 1.87. The second-order valence-corrected chi connectivity index (χ2v) is 4.71. The molecule has 0 aromatic heterocycles. The molecule has 0 aliphatic heterocycles. The summed E-state index contributed by atoms with van der Waals surface area (Å²) in [5.74, 6) is 0. The Balaban J connectivity index is 3.50. The minimum absolute atomic E-state index is 0.546. The zero-order valence-electron chi connectivity index (χ0n) is 7.31. The third-order valence-electron chi connectivity index (χ3n) is 1.04. The van der Waals surface area contributed by atoms with Crippen molar-refractivity contribution in [2.45, 2.75) is 33.2 Å². The predicted molar refractivity (Wildman–Crippen MR) is 44.1 cm³/mol. The molecule has 0 aromatic carbocycles. The molecule has 10 heavy (non-hydrogen) atoms. The summed E-state index contributed by atoms with van der Waals surface area (Å²) >= 11 is 0. The summed E-state index contributed by atoms with van der Waals surface area (Å²) in [7, 11) is -0.963. The van der Waals surface area contributed by atoms with Crippen molar-refractivity contribution in [3.63, 3.8) is 0 Å². The van der Waals surface area contributed by atoms with Gasteiger partial charge in [0.2, 0.25) is 0 Å². The molecule has 0 atom stereocenters. The molecule has 0 heterocycles. The first-order valence-corrected chi connectivity index (χ1v) is 5.24. The lowest BCUT2D eigenvalue weighted by Crippen LogP contribution is -2.26. The lowest BCUT2D eigenvalue weighted by Gasteiger charge is -2.15. The van der Waals surface area contributed by atoms with Crippen LogP contribution in [0.1, 0.15) is 27.7 Å². The maximum atomic E-state index is 5.42. The van der Waals surface area contributed by atoms with Crippen LogP contribution in [0.3, 0.4) is 0 Å². The average molecular weight is 161 g/mol. The molecule has 1 radical (unpaired) electrons. The molecular weight excluding hydrogens is 144 g/mol. The fraction of sp³-hybridized carbons (Fsp3) is 1.00. The van der Waals surface area contributed by atoms with Crippen LogP contribution >= 0.6 is 0 Å². The predicted octanol–water partition coefficient (Wildman–Crippen LogP) is 1.96. The summed E-state index contributed by atoms with van der Waals surface area (Å²) in [5.41, 5.74) is 0.546. The van der Waals surface area contributed by atoms with E-state index < -0.39 is 9.28 Å². The fourth-order valence-electron chi connectivity index (χ4n) is 0.660. The molecule has 0 bridgehead atoms. The number of rotatable bonds is 5. The normalized spacial score (nSPS) is 11.4. The molecular formula is C7H17O2Si. The first kappa shape index (κ1) is 10.1. The molecule has 0 aliphatic carbocycles. The summed E-state index contributed by atoms with van der Waals surface area (Å²) in [6.07, 6.45) is 0. The van der Waals surface area contributed by atoms with E-state index in [1.165, 1.54) is 0 Å². The Morgan fingerprint density at radius 3 is 1.70 bits per heavy atom. The largest absolute Gasteiger partial charge is 0.393 e. The summed E-state index contributed by atoms with van der Waals surface area (Å²) in [6.45, 7) is 9.83. The summed E-state index contributed by atoms with van der Waals surface area (Å²) < 4.78 is 10.8. The first-order chi connectivity index (χ1) is 4.72. The van der Waals surface area contributed by atoms with Gasteiger partial charge >= 0.3 is 9.28 Å². The van der Waals surface area contributed by atoms with E-state index in [0.717, 1.165) is 13.2 Å². The third kappa shape index (κ3) is 4.03. The molecule has 0 fully saturated rings. The molecule has 0 saturated carbocycles. The maximum absolute atomic E-state index is 5.42. The van der Waals surface area contributed by atoms with Crippen LogP contribution < -0.4 is 0 Å². The van der Waals surface area contributed by atoms with Crippen molar-refractivity contribution in [3.05, 3.63) is 0 Å². The molecule has 0 aromatic rings. The van der Waals surface area contributed by atoms with Gasteiger partial charge in [-0.1, -0.05) is 13.8 Å². The van der Waals surface area contributed by atoms with Crippen LogP contribution in [0.25, 0.3) is 0 Å². The van der Waals surface area contributed by atoms with Gasteiger partial charge in [0, 0.05) is 13.2 Å². The Bertz CT molecular complexity index is 70.0. The minimum Gasteiger partial charge on any atom is -0.393 e. The topological polar surface area (TPSA) is 18.5 Å². The highest BCUT2D eigenvalue weighted by molar-refractivity contribution is 6.46. The van der Waals surface area contributed by atoms with Crippen LogP contribution in [-0.4, -0.2) is 22.5 Å². The SMILES string of the molecule is CCO[Si](OCC)C(C)C. The van der Waals surface area contributed by atoms with E-state index in [2.05, 4.69) is 13.8 Å². The highest BCUT2D eigenvalue weighted by Gasteiger charge is 2.18. The van der Waals surface area contributed by atoms with Gasteiger partial charge in [-0.2, -0.15) is 0 Å². The zero-order chi connectivity index (χ0) is 7.98. The van der Waals surface area contributed by atoms with Gasteiger partial charge in [-0.25, -0.2) is 0 Å². The van der Waals surface area contributed by atoms with Crippen molar-refractivity contribution in [3.8, 4) is 0 Å². The van der Waals surface area contributed by atoms with Crippen molar-refractivity contribution in [1.82, 2.24) is 0 Å². The van der Waals surface area contributed by atoms with E-state index >= 15 is 0 Å². The van der Waals surface area contributed by atoms with Crippen molar-refractivity contribution in [2.24, 2.45) is 0 Å². The Labute approximate surface area is 65.4 Å². The summed E-state index contributed by atoms with van der Waals surface area (Å²) in [6, 6.07) is 0. The highest BCUT2D eigenvalue weighted by Crippen LogP contribution is 2.09. The van der Waals surface area contributed by atoms with E-state index in [0.29, 0.717) is 5.54 Å². The smallest absolute Gasteiger partial charge is 0.387 e. The Morgan fingerprint density at radius 1 is 1.10 bits per heavy atom. The lowest BCUT2D eigenvalue weighted by molar-refractivity contribution is 0.207. The van der Waals surface area contributed by atoms with Gasteiger partial charge in [0.25, 0.3) is 0 Å². The number of hydrogen-bond acceptors (Lipinski definition) is 2. The molecule has 0 aliphatic rings. The molecule has 0 spiro atoms. The van der Waals surface area contributed by atoms with Crippen LogP contribution in [0.4, 0.5) is 0 Å². The van der Waals surface area contributed by atoms with E-state index in [4.69, 9.17) is 8.85 Å². The Hall–Kier alpha value is 0.137. The van der Waals surface area contributed by atoms with Gasteiger partial charge in [0.1, 0.15) is 0 Å². The first-order valence-electron chi connectivity index (χ1n) is 3.84. The van der Waals surface area contributed by atoms with Crippen molar-refractivity contribution in [1.29, 1.82) is 0 Å². The molecule has 0 saturated heterocycles. The van der Waals surface area contributed by atoms with Crippen molar-refractivity contribution in [2.75, 3.05) is 13.2 Å². The van der Waals surface area contributed by atoms with Crippen molar-refractivity contribution >= 4 is 9.28 Å². The van der Waals surface area contributed by atoms with E-state index in [9.17, 15) is 0 Å². The molecule has 0 unspecified atom stereocenters. The Morgan fingerprint density at radius 2 is 1.50 bits per heavy atom. The van der Waals surface area contributed by atoms with Crippen LogP contribution in [0.2, 0.25) is 5.54 Å². The second-order valence-electron chi connectivity index (χ2n) is 2.34. The monoisotopic (exact) mass is 161 g/mol. The highest BCUT2D eigenvalue weighted by atomic mass is 28.3. The van der Waals surface area contributed by atoms with Gasteiger partial charge in [0.15, 0.2) is 0 Å². The lowest BCUT2D eigenvalue weighted by atomic mass is 10.6. The van der Waals surface area contributed by atoms with Crippen molar-refractivity contribution < 1.29 is 8.85 Å². The molecule has 3 heteroatoms. The molecule has 0 rings (SSSR count). The van der Waals surface area contributed by atoms with Crippen LogP contribution in [-0.2, 0) is 8.85 Å². The molecule has 61 valence electrons. The van der Waals surface area contributed by atoms with E-state index in [1.54, 1.807) is 0 Å². The van der Waals surface area contributed by atoms with Crippen LogP contribution in [0.5, 0.6) is 0 Å². The summed E-state index contributed by atoms with van der Waals surface area (Å²) in [5, 5.41) is 0. The van der Waals surface area contributed by atoms with Gasteiger partial charge in [-0.05, 0) is 19.4 Å². The van der Waals surface area contributed by atoms with E-state index in [-0.39, 0.29) is 0 Å². The fourth-order valence-corrected chi connectivity index (χ4v) is 1.98. The molecule has 2 nitrogen and oxygen atoms in total. The van der Waals surface area contributed by atoms with Gasteiger partial charge in [-0.3, -0.25) is 0 Å². The standard InChI is InChI=1S/C7H17O2Si/c1-5-8-10(7(3)4)9-6-2/h7H,5-6H2,1-4H3. The second kappa shape index (κ2) is 5.89. The summed E-state index contributed by atoms with van der Waals surface area (Å²) in [4.78, 5) is 0. The Kier molecular flexibility index (Phi) is 5.97. The van der Waals surface area contributed by atoms with Gasteiger partial charge < -0.3 is 8.85 Å². The van der Waals surface area contributed by atoms with Crippen LogP contribution in [0.15, 0.2) is 0 Å². The third-order valence-corrected chi connectivity index (χ3v) is 3.13. The quantitative estimate of drug-likeness (QED) is 0.574.